The highest BCUT2D eigenvalue weighted by Gasteiger charge is 2.28. The van der Waals surface area contributed by atoms with Crippen molar-refractivity contribution in [3.05, 3.63) is 130 Å². The number of benzene rings is 6. The molecule has 0 saturated heterocycles. The summed E-state index contributed by atoms with van der Waals surface area (Å²) in [5.41, 5.74) is 11.3. The van der Waals surface area contributed by atoms with Crippen LogP contribution in [0.1, 0.15) is 128 Å². The Labute approximate surface area is 355 Å². The van der Waals surface area contributed by atoms with Gasteiger partial charge in [-0.2, -0.15) is 5.26 Å². The quantitative estimate of drug-likeness (QED) is 0.174. The van der Waals surface area contributed by atoms with Gasteiger partial charge in [-0.1, -0.05) is 106 Å². The number of hydrogen-bond donors (Lipinski definition) is 0. The van der Waals surface area contributed by atoms with E-state index >= 15 is 0 Å². The van der Waals surface area contributed by atoms with Crippen LogP contribution in [0, 0.1) is 25.0 Å². The Hall–Kier alpha value is -6.12. The molecule has 3 heterocycles. The molecule has 0 aliphatic heterocycles. The first-order chi connectivity index (χ1) is 30.3. The van der Waals surface area contributed by atoms with Crippen LogP contribution in [-0.4, -0.2) is 9.55 Å². The molecule has 5 nitrogen and oxygen atoms in total. The van der Waals surface area contributed by atoms with Crippen LogP contribution in [0.15, 0.2) is 99.8 Å². The van der Waals surface area contributed by atoms with E-state index in [1.165, 1.54) is 11.1 Å². The maximum Gasteiger partial charge on any atom is 0.149 e. The maximum absolute atomic E-state index is 9.55. The summed E-state index contributed by atoms with van der Waals surface area (Å²) in [6, 6.07) is 31.1. The number of rotatable bonds is 5. The molecular formula is C54H53N3O2. The number of aryl methyl sites for hydroxylation is 2. The summed E-state index contributed by atoms with van der Waals surface area (Å²) >= 11 is 0. The number of furan rings is 2. The van der Waals surface area contributed by atoms with E-state index in [0.717, 1.165) is 38.7 Å². The van der Waals surface area contributed by atoms with Crippen LogP contribution in [0.4, 0.5) is 0 Å². The van der Waals surface area contributed by atoms with Crippen molar-refractivity contribution in [2.45, 2.75) is 106 Å². The van der Waals surface area contributed by atoms with Crippen molar-refractivity contribution in [3.63, 3.8) is 0 Å². The van der Waals surface area contributed by atoms with Gasteiger partial charge in [-0.15, -0.1) is 0 Å². The Morgan fingerprint density at radius 3 is 1.92 bits per heavy atom. The van der Waals surface area contributed by atoms with Crippen LogP contribution in [-0.2, 0) is 10.8 Å². The lowest BCUT2D eigenvalue weighted by Gasteiger charge is -2.28. The number of hydrogen-bond acceptors (Lipinski definition) is 4. The standard InChI is InChI=1S/C54H53N3O2/c1-29(2)40-23-35(34-21-36(53(7,8)9)25-37(22-34)54(10,11)12)24-41(30(3)4)50(40)57-49-32(6)14-13-15-44(49)56-52(57)39-18-16-31(5)48-43-27-46-42(26-47(43)59-51(39)48)38-19-17-33(28-55)20-45(38)58-46/h13-27,29-30H,1-12H3/i5D3,6D3. The van der Waals surface area contributed by atoms with E-state index < -0.39 is 13.7 Å². The average molecular weight is 782 g/mol. The second-order valence-corrected chi connectivity index (χ2v) is 18.8. The first-order valence-electron chi connectivity index (χ1n) is 23.5. The molecule has 9 rings (SSSR count). The fraction of sp³-hybridized carbons (Fsp3) is 0.296. The minimum atomic E-state index is -2.52. The van der Waals surface area contributed by atoms with E-state index in [-0.39, 0.29) is 33.8 Å². The van der Waals surface area contributed by atoms with Gasteiger partial charge in [-0.25, -0.2) is 4.98 Å². The van der Waals surface area contributed by atoms with E-state index in [0.29, 0.717) is 61.1 Å². The molecule has 9 aromatic rings. The average Bonchev–Trinajstić information content (AvgIpc) is 3.90. The summed E-state index contributed by atoms with van der Waals surface area (Å²) < 4.78 is 67.6. The fourth-order valence-electron chi connectivity index (χ4n) is 8.56. The molecule has 0 aliphatic carbocycles. The van der Waals surface area contributed by atoms with Crippen molar-refractivity contribution in [1.82, 2.24) is 9.55 Å². The molecule has 0 N–H and O–H groups in total. The molecule has 59 heavy (non-hydrogen) atoms. The van der Waals surface area contributed by atoms with Crippen molar-refractivity contribution in [2.24, 2.45) is 0 Å². The Kier molecular flexibility index (Phi) is 7.26. The highest BCUT2D eigenvalue weighted by Crippen LogP contribution is 2.46. The number of imidazole rings is 1. The summed E-state index contributed by atoms with van der Waals surface area (Å²) in [7, 11) is 0. The van der Waals surface area contributed by atoms with E-state index in [2.05, 4.69) is 106 Å². The molecule has 6 aromatic carbocycles. The molecule has 0 spiro atoms. The number of fused-ring (bicyclic) bond motifs is 7. The maximum atomic E-state index is 9.55. The molecule has 0 radical (unpaired) electrons. The molecule has 296 valence electrons. The molecule has 0 unspecified atom stereocenters. The van der Waals surface area contributed by atoms with Gasteiger partial charge >= 0.3 is 0 Å². The predicted octanol–water partition coefficient (Wildman–Crippen LogP) is 15.5. The number of para-hydroxylation sites is 1. The molecule has 0 atom stereocenters. The van der Waals surface area contributed by atoms with Crippen LogP contribution in [0.3, 0.4) is 0 Å². The third-order valence-electron chi connectivity index (χ3n) is 11.9. The predicted molar refractivity (Wildman–Crippen MR) is 246 cm³/mol. The van der Waals surface area contributed by atoms with Gasteiger partial charge in [0.25, 0.3) is 0 Å². The third-order valence-corrected chi connectivity index (χ3v) is 11.9. The van der Waals surface area contributed by atoms with Gasteiger partial charge in [0.15, 0.2) is 0 Å². The van der Waals surface area contributed by atoms with Crippen molar-refractivity contribution >= 4 is 54.9 Å². The zero-order valence-corrected chi connectivity index (χ0v) is 35.5. The molecule has 0 amide bonds. The minimum Gasteiger partial charge on any atom is -0.456 e. The summed E-state index contributed by atoms with van der Waals surface area (Å²) in [6.07, 6.45) is 0. The lowest BCUT2D eigenvalue weighted by Crippen LogP contribution is -2.16. The van der Waals surface area contributed by atoms with E-state index in [4.69, 9.17) is 22.0 Å². The minimum absolute atomic E-state index is 0.0146. The van der Waals surface area contributed by atoms with E-state index in [1.807, 2.05) is 28.8 Å². The largest absolute Gasteiger partial charge is 0.456 e. The Morgan fingerprint density at radius 1 is 0.661 bits per heavy atom. The lowest BCUT2D eigenvalue weighted by molar-refractivity contribution is 0.569. The molecule has 5 heteroatoms. The Morgan fingerprint density at radius 2 is 1.29 bits per heavy atom. The summed E-state index contributed by atoms with van der Waals surface area (Å²) in [5, 5.41) is 12.0. The first kappa shape index (κ1) is 31.8. The Bertz CT molecular complexity index is 3390. The normalized spacial score (nSPS) is 14.6. The molecule has 0 fully saturated rings. The molecule has 0 aliphatic rings. The topological polar surface area (TPSA) is 67.9 Å². The van der Waals surface area contributed by atoms with Gasteiger partial charge in [0.1, 0.15) is 28.2 Å². The number of nitriles is 1. The van der Waals surface area contributed by atoms with Crippen molar-refractivity contribution < 1.29 is 17.1 Å². The number of aromatic nitrogens is 2. The molecule has 3 aromatic heterocycles. The highest BCUT2D eigenvalue weighted by molar-refractivity contribution is 6.17. The van der Waals surface area contributed by atoms with Crippen LogP contribution in [0.2, 0.25) is 0 Å². The van der Waals surface area contributed by atoms with Crippen LogP contribution in [0.25, 0.3) is 83.1 Å². The zero-order chi connectivity index (χ0) is 46.9. The van der Waals surface area contributed by atoms with Crippen LogP contribution >= 0.6 is 0 Å². The van der Waals surface area contributed by atoms with Gasteiger partial charge in [-0.3, -0.25) is 4.57 Å². The van der Waals surface area contributed by atoms with Crippen molar-refractivity contribution in [2.75, 3.05) is 0 Å². The second kappa shape index (κ2) is 13.5. The van der Waals surface area contributed by atoms with Gasteiger partial charge in [0.05, 0.1) is 33.9 Å². The van der Waals surface area contributed by atoms with Crippen molar-refractivity contribution in [1.29, 1.82) is 5.26 Å². The SMILES string of the molecule is [2H]C([2H])([2H])c1ccc(-c2nc3cccc(C([2H])([2H])[2H])c3n2-c2c(C(C)C)cc(-c3cc(C(C)(C)C)cc(C(C)(C)C)c3)cc2C(C)C)c2oc3cc4c(cc3c12)oc1cc(C#N)ccc14. The zero-order valence-electron chi connectivity index (χ0n) is 41.5. The third kappa shape index (κ3) is 6.24. The van der Waals surface area contributed by atoms with Gasteiger partial charge < -0.3 is 8.83 Å². The molecule has 0 bridgehead atoms. The van der Waals surface area contributed by atoms with Crippen LogP contribution < -0.4 is 0 Å². The highest BCUT2D eigenvalue weighted by atomic mass is 16.3. The summed E-state index contributed by atoms with van der Waals surface area (Å²) in [5.74, 6) is 0.399. The van der Waals surface area contributed by atoms with E-state index in [1.54, 1.807) is 36.4 Å². The lowest BCUT2D eigenvalue weighted by atomic mass is 9.78. The Balaban J connectivity index is 1.40. The smallest absolute Gasteiger partial charge is 0.149 e. The summed E-state index contributed by atoms with van der Waals surface area (Å²) in [4.78, 5) is 5.27. The monoisotopic (exact) mass is 781 g/mol. The second-order valence-electron chi connectivity index (χ2n) is 18.8. The fourth-order valence-corrected chi connectivity index (χ4v) is 8.56. The van der Waals surface area contributed by atoms with Gasteiger partial charge in [0.2, 0.25) is 0 Å². The van der Waals surface area contributed by atoms with Gasteiger partial charge in [-0.05, 0) is 135 Å². The molecular weight excluding hydrogens is 723 g/mol. The first-order valence-corrected chi connectivity index (χ1v) is 20.5. The van der Waals surface area contributed by atoms with Crippen molar-refractivity contribution in [3.8, 4) is 34.3 Å². The molecule has 0 saturated carbocycles. The summed E-state index contributed by atoms with van der Waals surface area (Å²) in [6.45, 7) is 17.1. The van der Waals surface area contributed by atoms with E-state index in [9.17, 15) is 5.26 Å². The van der Waals surface area contributed by atoms with Crippen LogP contribution in [0.5, 0.6) is 0 Å². The van der Waals surface area contributed by atoms with Gasteiger partial charge in [0, 0.05) is 29.8 Å². The number of nitrogens with zero attached hydrogens (tertiary/aromatic N) is 3.